The smallest absolute Gasteiger partial charge is 0.118 e. The van der Waals surface area contributed by atoms with Crippen LogP contribution in [0.2, 0.25) is 0 Å². The second kappa shape index (κ2) is 12.4. The van der Waals surface area contributed by atoms with E-state index in [-0.39, 0.29) is 0 Å². The first-order chi connectivity index (χ1) is 12.8. The lowest BCUT2D eigenvalue weighted by Crippen LogP contribution is -2.22. The molecule has 142 valence electrons. The molecule has 0 atom stereocenters. The van der Waals surface area contributed by atoms with E-state index in [2.05, 4.69) is 0 Å². The average molecular weight is 355 g/mol. The Morgan fingerprint density at radius 3 is 1.08 bits per heavy atom. The van der Waals surface area contributed by atoms with Gasteiger partial charge in [0.1, 0.15) is 11.5 Å². The monoisotopic (exact) mass is 354 g/mol. The highest BCUT2D eigenvalue weighted by Crippen LogP contribution is 2.39. The highest BCUT2D eigenvalue weighted by molar-refractivity contribution is 5.21. The third-order valence-corrected chi connectivity index (χ3v) is 5.42. The molecule has 0 heterocycles. The molecule has 26 heavy (non-hydrogen) atoms. The minimum atomic E-state index is 0.910. The minimum absolute atomic E-state index is 0.910. The maximum absolute atomic E-state index is 4.91. The van der Waals surface area contributed by atoms with E-state index < -0.39 is 0 Å². The molecule has 2 aromatic carbocycles. The number of rotatable bonds is 2. The Labute approximate surface area is 159 Å². The van der Waals surface area contributed by atoms with Crippen LogP contribution in [0.1, 0.15) is 51.4 Å². The molecule has 0 saturated heterocycles. The summed E-state index contributed by atoms with van der Waals surface area (Å²) in [6.07, 6.45) is 12.4. The van der Waals surface area contributed by atoms with Gasteiger partial charge in [0.05, 0.1) is 14.2 Å². The zero-order valence-electron chi connectivity index (χ0n) is 16.4. The number of fused-ring (bicyclic) bond motifs is 1. The van der Waals surface area contributed by atoms with Crippen LogP contribution >= 0.6 is 0 Å². The summed E-state index contributed by atoms with van der Waals surface area (Å²) in [4.78, 5) is 0. The van der Waals surface area contributed by atoms with Gasteiger partial charge < -0.3 is 9.47 Å². The van der Waals surface area contributed by atoms with E-state index in [9.17, 15) is 0 Å². The molecule has 0 bridgehead atoms. The van der Waals surface area contributed by atoms with Gasteiger partial charge in [-0.15, -0.1) is 0 Å². The van der Waals surface area contributed by atoms with Gasteiger partial charge in [0.25, 0.3) is 0 Å². The van der Waals surface area contributed by atoms with Crippen molar-refractivity contribution in [1.82, 2.24) is 0 Å². The Kier molecular flexibility index (Phi) is 9.71. The van der Waals surface area contributed by atoms with Crippen LogP contribution in [0.3, 0.4) is 0 Å². The van der Waals surface area contributed by atoms with Gasteiger partial charge in [-0.3, -0.25) is 0 Å². The fourth-order valence-corrected chi connectivity index (χ4v) is 3.97. The zero-order valence-corrected chi connectivity index (χ0v) is 16.4. The second-order valence-corrected chi connectivity index (χ2v) is 7.12. The number of hydrogen-bond acceptors (Lipinski definition) is 2. The third kappa shape index (κ3) is 7.51. The van der Waals surface area contributed by atoms with Gasteiger partial charge >= 0.3 is 0 Å². The van der Waals surface area contributed by atoms with Gasteiger partial charge in [0, 0.05) is 0 Å². The molecule has 2 aliphatic rings. The number of hydrogen-bond donors (Lipinski definition) is 0. The Morgan fingerprint density at radius 2 is 0.846 bits per heavy atom. The Morgan fingerprint density at radius 1 is 0.538 bits per heavy atom. The van der Waals surface area contributed by atoms with E-state index in [1.807, 2.05) is 60.7 Å². The van der Waals surface area contributed by atoms with Gasteiger partial charge in [-0.05, 0) is 36.1 Å². The van der Waals surface area contributed by atoms with Crippen molar-refractivity contribution in [3.8, 4) is 11.5 Å². The van der Waals surface area contributed by atoms with Crippen LogP contribution in [0.5, 0.6) is 11.5 Å². The Hall–Kier alpha value is -1.96. The van der Waals surface area contributed by atoms with E-state index >= 15 is 0 Å². The van der Waals surface area contributed by atoms with Crippen molar-refractivity contribution in [2.45, 2.75) is 51.4 Å². The SMILES string of the molecule is C1CCC2CCCCC2C1.COc1ccccc1.COc1ccccc1. The van der Waals surface area contributed by atoms with Crippen LogP contribution in [0.4, 0.5) is 0 Å². The molecule has 2 saturated carbocycles. The molecule has 2 heteroatoms. The highest BCUT2D eigenvalue weighted by atomic mass is 16.5. The highest BCUT2D eigenvalue weighted by Gasteiger charge is 2.26. The Bertz CT molecular complexity index is 502. The molecule has 0 amide bonds. The van der Waals surface area contributed by atoms with Crippen molar-refractivity contribution in [3.05, 3.63) is 60.7 Å². The van der Waals surface area contributed by atoms with Gasteiger partial charge in [0.15, 0.2) is 0 Å². The third-order valence-electron chi connectivity index (χ3n) is 5.42. The number of para-hydroxylation sites is 2. The first-order valence-corrected chi connectivity index (χ1v) is 10.0. The molecule has 0 unspecified atom stereocenters. The zero-order chi connectivity index (χ0) is 18.5. The lowest BCUT2D eigenvalue weighted by Gasteiger charge is -2.35. The molecule has 2 nitrogen and oxygen atoms in total. The van der Waals surface area contributed by atoms with Crippen LogP contribution in [0.15, 0.2) is 60.7 Å². The van der Waals surface area contributed by atoms with Gasteiger partial charge in [0.2, 0.25) is 0 Å². The molecule has 0 radical (unpaired) electrons. The van der Waals surface area contributed by atoms with Crippen molar-refractivity contribution < 1.29 is 9.47 Å². The lowest BCUT2D eigenvalue weighted by atomic mass is 9.71. The predicted molar refractivity (Wildman–Crippen MR) is 110 cm³/mol. The largest absolute Gasteiger partial charge is 0.497 e. The molecule has 2 aromatic rings. The van der Waals surface area contributed by atoms with Crippen molar-refractivity contribution >= 4 is 0 Å². The molecule has 2 fully saturated rings. The fraction of sp³-hybridized carbons (Fsp3) is 0.500. The topological polar surface area (TPSA) is 18.5 Å². The summed E-state index contributed by atoms with van der Waals surface area (Å²) in [7, 11) is 3.32. The van der Waals surface area contributed by atoms with Gasteiger partial charge in [-0.2, -0.15) is 0 Å². The normalized spacial score (nSPS) is 21.0. The average Bonchev–Trinajstić information content (AvgIpc) is 2.76. The molecular weight excluding hydrogens is 320 g/mol. The molecule has 2 aliphatic carbocycles. The standard InChI is InChI=1S/C10H18.2C7H8O/c1-2-6-10-8-4-3-7-9(10)5-1;2*1-8-7-5-3-2-4-6-7/h9-10H,1-8H2;2*2-6H,1H3. The fourth-order valence-electron chi connectivity index (χ4n) is 3.97. The van der Waals surface area contributed by atoms with Gasteiger partial charge in [-0.1, -0.05) is 87.8 Å². The quantitative estimate of drug-likeness (QED) is 0.593. The number of methoxy groups -OCH3 is 2. The van der Waals surface area contributed by atoms with E-state index in [1.54, 1.807) is 39.9 Å². The first-order valence-electron chi connectivity index (χ1n) is 10.0. The van der Waals surface area contributed by atoms with E-state index in [1.165, 1.54) is 25.7 Å². The van der Waals surface area contributed by atoms with E-state index in [0.29, 0.717) is 0 Å². The molecule has 4 rings (SSSR count). The maximum Gasteiger partial charge on any atom is 0.118 e. The maximum atomic E-state index is 4.91. The summed E-state index contributed by atoms with van der Waals surface area (Å²) >= 11 is 0. The van der Waals surface area contributed by atoms with E-state index in [4.69, 9.17) is 9.47 Å². The predicted octanol–water partition coefficient (Wildman–Crippen LogP) is 6.76. The number of ether oxygens (including phenoxy) is 2. The van der Waals surface area contributed by atoms with Crippen LogP contribution in [-0.2, 0) is 0 Å². The summed E-state index contributed by atoms with van der Waals surface area (Å²) in [6, 6.07) is 19.4. The molecule has 0 aliphatic heterocycles. The summed E-state index contributed by atoms with van der Waals surface area (Å²) in [5.74, 6) is 4.13. The van der Waals surface area contributed by atoms with Crippen LogP contribution < -0.4 is 9.47 Å². The van der Waals surface area contributed by atoms with E-state index in [0.717, 1.165) is 23.3 Å². The van der Waals surface area contributed by atoms with Crippen LogP contribution in [0.25, 0.3) is 0 Å². The molecule has 0 aromatic heterocycles. The Balaban J connectivity index is 0.000000142. The lowest BCUT2D eigenvalue weighted by molar-refractivity contribution is 0.171. The van der Waals surface area contributed by atoms with Crippen LogP contribution in [0, 0.1) is 11.8 Å². The molecule has 0 spiro atoms. The summed E-state index contributed by atoms with van der Waals surface area (Å²) in [5, 5.41) is 0. The van der Waals surface area contributed by atoms with Crippen molar-refractivity contribution in [2.24, 2.45) is 11.8 Å². The molecule has 0 N–H and O–H groups in total. The summed E-state index contributed by atoms with van der Waals surface area (Å²) in [6.45, 7) is 0. The second-order valence-electron chi connectivity index (χ2n) is 7.12. The summed E-state index contributed by atoms with van der Waals surface area (Å²) in [5.41, 5.74) is 0. The van der Waals surface area contributed by atoms with Crippen LogP contribution in [-0.4, -0.2) is 14.2 Å². The van der Waals surface area contributed by atoms with Crippen molar-refractivity contribution in [3.63, 3.8) is 0 Å². The van der Waals surface area contributed by atoms with Crippen molar-refractivity contribution in [2.75, 3.05) is 14.2 Å². The molecular formula is C24H34O2. The first kappa shape index (κ1) is 20.4. The van der Waals surface area contributed by atoms with Gasteiger partial charge in [-0.25, -0.2) is 0 Å². The minimum Gasteiger partial charge on any atom is -0.497 e. The van der Waals surface area contributed by atoms with Crippen molar-refractivity contribution in [1.29, 1.82) is 0 Å². The number of benzene rings is 2. The summed E-state index contributed by atoms with van der Waals surface area (Å²) < 4.78 is 9.83.